The van der Waals surface area contributed by atoms with Crippen LogP contribution >= 0.6 is 35.0 Å². The zero-order valence-corrected chi connectivity index (χ0v) is 24.3. The molecule has 0 spiro atoms. The first kappa shape index (κ1) is 30.5. The van der Waals surface area contributed by atoms with E-state index in [4.69, 9.17) is 27.9 Å². The summed E-state index contributed by atoms with van der Waals surface area (Å²) in [5.74, 6) is -1.72. The molecule has 3 rings (SSSR count). The lowest BCUT2D eigenvalue weighted by Crippen LogP contribution is -2.52. The Morgan fingerprint density at radius 3 is 2.38 bits per heavy atom. The van der Waals surface area contributed by atoms with Crippen LogP contribution in [0.3, 0.4) is 0 Å². The number of rotatable bonds is 9. The number of likely N-dealkylation sites (tertiary alicyclic amines) is 1. The van der Waals surface area contributed by atoms with Crippen LogP contribution in [-0.2, 0) is 19.1 Å². The van der Waals surface area contributed by atoms with Crippen LogP contribution in [0.15, 0.2) is 53.4 Å². The van der Waals surface area contributed by atoms with E-state index in [1.807, 2.05) is 18.4 Å². The summed E-state index contributed by atoms with van der Waals surface area (Å²) >= 11 is 14.1. The predicted molar refractivity (Wildman–Crippen MR) is 154 cm³/mol. The highest BCUT2D eigenvalue weighted by molar-refractivity contribution is 7.98. The van der Waals surface area contributed by atoms with E-state index in [1.54, 1.807) is 41.3 Å². The van der Waals surface area contributed by atoms with Gasteiger partial charge < -0.3 is 19.9 Å². The second-order valence-corrected chi connectivity index (χ2v) is 10.6. The van der Waals surface area contributed by atoms with Crippen molar-refractivity contribution in [2.24, 2.45) is 5.92 Å². The van der Waals surface area contributed by atoms with Crippen molar-refractivity contribution in [2.45, 2.75) is 30.3 Å². The third kappa shape index (κ3) is 8.00. The van der Waals surface area contributed by atoms with Gasteiger partial charge in [0.2, 0.25) is 11.8 Å². The van der Waals surface area contributed by atoms with E-state index in [-0.39, 0.29) is 30.1 Å². The number of carbonyl (C=O) groups is 4. The Kier molecular flexibility index (Phi) is 11.3. The standard InChI is InChI=1S/C28H31Cl2N3O5S/c1-32(28(37)20-7-5-4-6-8-20)22(17-24(35)38-2)31-27(36)19-13-15-33(16-14-19)23(34)12-10-18-9-11-21(39-3)26(30)25(18)29/h4-12,19,22H,13-17H2,1-3H3,(H,31,36). The van der Waals surface area contributed by atoms with Gasteiger partial charge in [-0.2, -0.15) is 0 Å². The molecule has 0 aromatic heterocycles. The number of nitrogens with zero attached hydrogens (tertiary/aromatic N) is 2. The monoisotopic (exact) mass is 591 g/mol. The molecule has 1 heterocycles. The summed E-state index contributed by atoms with van der Waals surface area (Å²) < 4.78 is 4.77. The van der Waals surface area contributed by atoms with Crippen LogP contribution in [0.1, 0.15) is 35.2 Å². The van der Waals surface area contributed by atoms with Crippen molar-refractivity contribution in [1.82, 2.24) is 15.1 Å². The maximum Gasteiger partial charge on any atom is 0.309 e. The number of thioether (sulfide) groups is 1. The van der Waals surface area contributed by atoms with E-state index in [9.17, 15) is 19.2 Å². The van der Waals surface area contributed by atoms with Crippen LogP contribution in [0.5, 0.6) is 0 Å². The van der Waals surface area contributed by atoms with E-state index >= 15 is 0 Å². The van der Waals surface area contributed by atoms with Gasteiger partial charge in [0.15, 0.2) is 0 Å². The minimum absolute atomic E-state index is 0.188. The molecule has 0 aliphatic carbocycles. The van der Waals surface area contributed by atoms with Gasteiger partial charge in [-0.1, -0.05) is 47.5 Å². The molecule has 1 unspecified atom stereocenters. The van der Waals surface area contributed by atoms with Crippen LogP contribution in [-0.4, -0.2) is 73.2 Å². The molecule has 2 aromatic carbocycles. The SMILES string of the molecule is COC(=O)CC(NC(=O)C1CCN(C(=O)C=Cc2ccc(SC)c(Cl)c2Cl)CC1)N(C)C(=O)c1ccccc1. The molecular formula is C28H31Cl2N3O5S. The van der Waals surface area contributed by atoms with E-state index in [2.05, 4.69) is 5.32 Å². The molecular weight excluding hydrogens is 561 g/mol. The van der Waals surface area contributed by atoms with Crippen molar-refractivity contribution in [3.05, 3.63) is 69.7 Å². The minimum Gasteiger partial charge on any atom is -0.469 e. The molecule has 1 atom stereocenters. The molecule has 1 aliphatic rings. The topological polar surface area (TPSA) is 96.0 Å². The molecule has 11 heteroatoms. The summed E-state index contributed by atoms with van der Waals surface area (Å²) in [7, 11) is 2.79. The van der Waals surface area contributed by atoms with Crippen LogP contribution < -0.4 is 5.32 Å². The molecule has 3 amide bonds. The van der Waals surface area contributed by atoms with E-state index in [0.29, 0.717) is 47.1 Å². The fourth-order valence-electron chi connectivity index (χ4n) is 4.20. The van der Waals surface area contributed by atoms with Crippen LogP contribution in [0, 0.1) is 5.92 Å². The van der Waals surface area contributed by atoms with Gasteiger partial charge in [0.25, 0.3) is 5.91 Å². The first-order valence-electron chi connectivity index (χ1n) is 12.3. The smallest absolute Gasteiger partial charge is 0.309 e. The quantitative estimate of drug-likeness (QED) is 0.196. The Hall–Kier alpha value is -3.01. The number of ether oxygens (including phenoxy) is 1. The number of methoxy groups -OCH3 is 1. The first-order valence-corrected chi connectivity index (χ1v) is 14.3. The molecule has 1 saturated heterocycles. The van der Waals surface area contributed by atoms with Crippen LogP contribution in [0.2, 0.25) is 10.0 Å². The highest BCUT2D eigenvalue weighted by Crippen LogP contribution is 2.35. The lowest BCUT2D eigenvalue weighted by molar-refractivity contribution is -0.142. The van der Waals surface area contributed by atoms with Crippen LogP contribution in [0.25, 0.3) is 6.08 Å². The van der Waals surface area contributed by atoms with E-state index < -0.39 is 12.1 Å². The molecule has 2 aromatic rings. The number of halogens is 2. The number of hydrogen-bond donors (Lipinski definition) is 1. The van der Waals surface area contributed by atoms with Crippen molar-refractivity contribution in [2.75, 3.05) is 33.5 Å². The highest BCUT2D eigenvalue weighted by Gasteiger charge is 2.31. The number of benzene rings is 2. The molecule has 39 heavy (non-hydrogen) atoms. The number of piperidine rings is 1. The summed E-state index contributed by atoms with van der Waals surface area (Å²) in [5, 5.41) is 3.67. The number of amides is 3. The Morgan fingerprint density at radius 2 is 1.77 bits per heavy atom. The summed E-state index contributed by atoms with van der Waals surface area (Å²) in [6.45, 7) is 0.781. The third-order valence-corrected chi connectivity index (χ3v) is 8.37. The molecule has 0 saturated carbocycles. The summed E-state index contributed by atoms with van der Waals surface area (Å²) in [6, 6.07) is 12.3. The van der Waals surface area contributed by atoms with Crippen molar-refractivity contribution in [3.63, 3.8) is 0 Å². The average Bonchev–Trinajstić information content (AvgIpc) is 2.97. The number of nitrogens with one attached hydrogen (secondary N) is 1. The van der Waals surface area contributed by atoms with Gasteiger partial charge in [0, 0.05) is 42.6 Å². The van der Waals surface area contributed by atoms with Gasteiger partial charge in [-0.25, -0.2) is 0 Å². The Morgan fingerprint density at radius 1 is 1.10 bits per heavy atom. The van der Waals surface area contributed by atoms with Crippen molar-refractivity contribution in [3.8, 4) is 0 Å². The fraction of sp³-hybridized carbons (Fsp3) is 0.357. The third-order valence-electron chi connectivity index (χ3n) is 6.58. The van der Waals surface area contributed by atoms with Gasteiger partial charge in [-0.15, -0.1) is 11.8 Å². The van der Waals surface area contributed by atoms with Gasteiger partial charge in [-0.3, -0.25) is 19.2 Å². The molecule has 1 aliphatic heterocycles. The summed E-state index contributed by atoms with van der Waals surface area (Å²) in [4.78, 5) is 54.7. The number of esters is 1. The van der Waals surface area contributed by atoms with Gasteiger partial charge in [-0.05, 0) is 48.9 Å². The molecule has 208 valence electrons. The number of carbonyl (C=O) groups excluding carboxylic acids is 4. The maximum absolute atomic E-state index is 13.1. The summed E-state index contributed by atoms with van der Waals surface area (Å²) in [6.07, 6.45) is 4.81. The van der Waals surface area contributed by atoms with Gasteiger partial charge >= 0.3 is 5.97 Å². The molecule has 0 bridgehead atoms. The molecule has 1 fully saturated rings. The number of hydrogen-bond acceptors (Lipinski definition) is 6. The second kappa shape index (κ2) is 14.4. The Labute approximate surface area is 242 Å². The predicted octanol–water partition coefficient (Wildman–Crippen LogP) is 4.74. The molecule has 0 radical (unpaired) electrons. The zero-order chi connectivity index (χ0) is 28.5. The molecule has 8 nitrogen and oxygen atoms in total. The maximum atomic E-state index is 13.1. The Balaban J connectivity index is 1.59. The van der Waals surface area contributed by atoms with Gasteiger partial charge in [0.05, 0.1) is 23.6 Å². The van der Waals surface area contributed by atoms with Crippen LogP contribution in [0.4, 0.5) is 0 Å². The highest BCUT2D eigenvalue weighted by atomic mass is 35.5. The Bertz CT molecular complexity index is 1230. The average molecular weight is 593 g/mol. The largest absolute Gasteiger partial charge is 0.469 e. The summed E-state index contributed by atoms with van der Waals surface area (Å²) in [5.41, 5.74) is 1.08. The van der Waals surface area contributed by atoms with Crippen molar-refractivity contribution < 1.29 is 23.9 Å². The van der Waals surface area contributed by atoms with E-state index in [0.717, 1.165) is 4.90 Å². The normalized spacial score (nSPS) is 14.6. The zero-order valence-electron chi connectivity index (χ0n) is 22.0. The molecule has 1 N–H and O–H groups in total. The lowest BCUT2D eigenvalue weighted by Gasteiger charge is -2.33. The van der Waals surface area contributed by atoms with Crippen molar-refractivity contribution in [1.29, 1.82) is 0 Å². The second-order valence-electron chi connectivity index (χ2n) is 9.00. The minimum atomic E-state index is -0.880. The van der Waals surface area contributed by atoms with Crippen molar-refractivity contribution >= 4 is 64.7 Å². The fourth-order valence-corrected chi connectivity index (χ4v) is 5.37. The van der Waals surface area contributed by atoms with Gasteiger partial charge in [0.1, 0.15) is 6.17 Å². The lowest BCUT2D eigenvalue weighted by atomic mass is 9.95. The first-order chi connectivity index (χ1) is 18.7. The van der Waals surface area contributed by atoms with E-state index in [1.165, 1.54) is 36.9 Å².